The van der Waals surface area contributed by atoms with Gasteiger partial charge in [-0.3, -0.25) is 0 Å². The average molecular weight is 496 g/mol. The molecule has 1 aliphatic heterocycles. The monoisotopic (exact) mass is 495 g/mol. The molecule has 2 amide bonds. The number of carboxylic acids is 1. The molecule has 0 unspecified atom stereocenters. The molecule has 11 heteroatoms. The van der Waals surface area contributed by atoms with E-state index in [2.05, 4.69) is 28.1 Å². The predicted molar refractivity (Wildman–Crippen MR) is 136 cm³/mol. The number of carboxylic acid groups (broad SMARTS) is 1. The number of aromatic carboxylic acids is 1. The molecular formula is C24H25N5O5S. The van der Waals surface area contributed by atoms with Crippen molar-refractivity contribution in [1.29, 1.82) is 0 Å². The van der Waals surface area contributed by atoms with Crippen molar-refractivity contribution < 1.29 is 24.2 Å². The molecule has 10 nitrogen and oxygen atoms in total. The Morgan fingerprint density at radius 2 is 1.80 bits per heavy atom. The summed E-state index contributed by atoms with van der Waals surface area (Å²) in [6.07, 6.45) is 0. The fourth-order valence-electron chi connectivity index (χ4n) is 3.55. The Kier molecular flexibility index (Phi) is 7.68. The maximum atomic E-state index is 12.5. The van der Waals surface area contributed by atoms with Gasteiger partial charge < -0.3 is 24.8 Å². The highest BCUT2D eigenvalue weighted by atomic mass is 32.1. The Hall–Kier alpha value is -3.83. The Morgan fingerprint density at radius 1 is 1.11 bits per heavy atom. The molecule has 1 saturated heterocycles. The van der Waals surface area contributed by atoms with Crippen molar-refractivity contribution in [1.82, 2.24) is 9.97 Å². The summed E-state index contributed by atoms with van der Waals surface area (Å²) in [6.45, 7) is 4.17. The van der Waals surface area contributed by atoms with Crippen molar-refractivity contribution in [3.05, 3.63) is 60.3 Å². The maximum absolute atomic E-state index is 12.5. The summed E-state index contributed by atoms with van der Waals surface area (Å²) in [5.41, 5.74) is 1.54. The van der Waals surface area contributed by atoms with Crippen LogP contribution in [-0.4, -0.2) is 60.0 Å². The molecule has 0 radical (unpaired) electrons. The molecule has 182 valence electrons. The molecule has 0 bridgehead atoms. The number of benzene rings is 2. The van der Waals surface area contributed by atoms with Crippen LogP contribution < -0.4 is 19.3 Å². The summed E-state index contributed by atoms with van der Waals surface area (Å²) in [5, 5.41) is 12.6. The zero-order chi connectivity index (χ0) is 24.8. The van der Waals surface area contributed by atoms with Crippen LogP contribution in [0, 0.1) is 0 Å². The van der Waals surface area contributed by atoms with Crippen molar-refractivity contribution in [2.24, 2.45) is 0 Å². The van der Waals surface area contributed by atoms with Crippen LogP contribution in [0.15, 0.2) is 54.6 Å². The van der Waals surface area contributed by atoms with Crippen LogP contribution in [0.25, 0.3) is 11.4 Å². The number of hydrogen-bond donors (Lipinski definition) is 3. The van der Waals surface area contributed by atoms with Gasteiger partial charge in [-0.05, 0) is 43.3 Å². The Balaban J connectivity index is 1.63. The van der Waals surface area contributed by atoms with Crippen LogP contribution in [0.5, 0.6) is 5.75 Å². The van der Waals surface area contributed by atoms with E-state index in [0.29, 0.717) is 49.1 Å². The van der Waals surface area contributed by atoms with E-state index in [9.17, 15) is 14.7 Å². The standard InChI is InChI=1S/C24H25N5O5S/c1-2-34-20-19(23(30)31)26-21(27-22(20)28-12-14-33-15-13-28)16-8-10-18(11-9-16)29(35)24(32)25-17-6-4-3-5-7-17/h3-11,35H,2,12-15H2,1H3,(H,25,32)(H,30,31). The van der Waals surface area contributed by atoms with Gasteiger partial charge >= 0.3 is 12.0 Å². The van der Waals surface area contributed by atoms with Crippen molar-refractivity contribution >= 4 is 42.0 Å². The number of para-hydroxylation sites is 1. The number of morpholine rings is 1. The molecule has 0 aliphatic carbocycles. The fourth-order valence-corrected chi connectivity index (χ4v) is 3.73. The number of hydrogen-bond acceptors (Lipinski definition) is 8. The summed E-state index contributed by atoms with van der Waals surface area (Å²) >= 11 is 4.31. The summed E-state index contributed by atoms with van der Waals surface area (Å²) in [7, 11) is 0. The number of anilines is 3. The van der Waals surface area contributed by atoms with Crippen LogP contribution in [0.4, 0.5) is 22.0 Å². The highest BCUT2D eigenvalue weighted by Crippen LogP contribution is 2.33. The Bertz CT molecular complexity index is 1190. The number of aromatic nitrogens is 2. The Labute approximate surface area is 208 Å². The first-order valence-corrected chi connectivity index (χ1v) is 11.4. The van der Waals surface area contributed by atoms with E-state index in [1.54, 1.807) is 43.3 Å². The number of ether oxygens (including phenoxy) is 2. The lowest BCUT2D eigenvalue weighted by atomic mass is 10.2. The number of amides is 2. The minimum absolute atomic E-state index is 0.140. The minimum Gasteiger partial charge on any atom is -0.488 e. The first kappa shape index (κ1) is 24.3. The smallest absolute Gasteiger partial charge is 0.358 e. The second-order valence-corrected chi connectivity index (χ2v) is 7.94. The molecule has 0 atom stereocenters. The second kappa shape index (κ2) is 11.1. The zero-order valence-electron chi connectivity index (χ0n) is 19.0. The normalized spacial score (nSPS) is 13.3. The highest BCUT2D eigenvalue weighted by molar-refractivity contribution is 7.82. The highest BCUT2D eigenvalue weighted by Gasteiger charge is 2.26. The second-order valence-electron chi connectivity index (χ2n) is 7.54. The van der Waals surface area contributed by atoms with E-state index in [0.717, 1.165) is 0 Å². The SMILES string of the molecule is CCOc1c(C(=O)O)nc(-c2ccc(N(S)C(=O)Nc3ccccc3)cc2)nc1N1CCOCC1. The molecule has 0 spiro atoms. The van der Waals surface area contributed by atoms with Gasteiger partial charge in [0.2, 0.25) is 0 Å². The number of carbonyl (C=O) groups is 2. The zero-order valence-corrected chi connectivity index (χ0v) is 19.9. The van der Waals surface area contributed by atoms with E-state index in [1.807, 2.05) is 23.1 Å². The van der Waals surface area contributed by atoms with E-state index in [1.165, 1.54) is 4.31 Å². The molecule has 2 N–H and O–H groups in total. The lowest BCUT2D eigenvalue weighted by Gasteiger charge is -2.29. The van der Waals surface area contributed by atoms with E-state index >= 15 is 0 Å². The number of urea groups is 1. The van der Waals surface area contributed by atoms with Crippen LogP contribution in [-0.2, 0) is 4.74 Å². The molecule has 1 aliphatic rings. The Morgan fingerprint density at radius 3 is 2.43 bits per heavy atom. The molecule has 2 aromatic carbocycles. The largest absolute Gasteiger partial charge is 0.488 e. The molecule has 3 aromatic rings. The van der Waals surface area contributed by atoms with Crippen LogP contribution in [0.2, 0.25) is 0 Å². The molecule has 2 heterocycles. The quantitative estimate of drug-likeness (QED) is 0.422. The minimum atomic E-state index is -1.21. The number of rotatable bonds is 7. The first-order chi connectivity index (χ1) is 17.0. The van der Waals surface area contributed by atoms with Crippen LogP contribution in [0.3, 0.4) is 0 Å². The predicted octanol–water partition coefficient (Wildman–Crippen LogP) is 3.96. The lowest BCUT2D eigenvalue weighted by Crippen LogP contribution is -2.37. The maximum Gasteiger partial charge on any atom is 0.358 e. The van der Waals surface area contributed by atoms with Crippen molar-refractivity contribution in [2.45, 2.75) is 6.92 Å². The topological polar surface area (TPSA) is 117 Å². The van der Waals surface area contributed by atoms with Crippen LogP contribution in [0.1, 0.15) is 17.4 Å². The third-order valence-corrected chi connectivity index (χ3v) is 5.65. The van der Waals surface area contributed by atoms with E-state index < -0.39 is 12.0 Å². The lowest BCUT2D eigenvalue weighted by molar-refractivity contribution is 0.0685. The molecule has 1 fully saturated rings. The summed E-state index contributed by atoms with van der Waals surface area (Å²) in [4.78, 5) is 35.4. The van der Waals surface area contributed by atoms with Crippen molar-refractivity contribution in [3.8, 4) is 17.1 Å². The summed E-state index contributed by atoms with van der Waals surface area (Å²) < 4.78 is 12.2. The number of carbonyl (C=O) groups excluding carboxylic acids is 1. The number of nitrogens with one attached hydrogen (secondary N) is 1. The van der Waals surface area contributed by atoms with Crippen molar-refractivity contribution in [2.75, 3.05) is 47.4 Å². The van der Waals surface area contributed by atoms with Gasteiger partial charge in [-0.2, -0.15) is 0 Å². The third kappa shape index (κ3) is 5.64. The van der Waals surface area contributed by atoms with Gasteiger partial charge in [-0.1, -0.05) is 31.0 Å². The van der Waals surface area contributed by atoms with Crippen molar-refractivity contribution in [3.63, 3.8) is 0 Å². The first-order valence-electron chi connectivity index (χ1n) is 11.0. The molecule has 1 aromatic heterocycles. The van der Waals surface area contributed by atoms with Gasteiger partial charge in [-0.25, -0.2) is 23.9 Å². The molecule has 0 saturated carbocycles. The molecular weight excluding hydrogens is 470 g/mol. The van der Waals surface area contributed by atoms with Gasteiger partial charge in [-0.15, -0.1) is 0 Å². The van der Waals surface area contributed by atoms with Gasteiger partial charge in [0, 0.05) is 24.3 Å². The van der Waals surface area contributed by atoms with E-state index in [4.69, 9.17) is 9.47 Å². The van der Waals surface area contributed by atoms with E-state index in [-0.39, 0.29) is 23.9 Å². The van der Waals surface area contributed by atoms with Gasteiger partial charge in [0.15, 0.2) is 23.1 Å². The third-order valence-electron chi connectivity index (χ3n) is 5.24. The summed E-state index contributed by atoms with van der Waals surface area (Å²) in [6, 6.07) is 15.4. The fraction of sp³-hybridized carbons (Fsp3) is 0.250. The van der Waals surface area contributed by atoms with Crippen LogP contribution >= 0.6 is 12.8 Å². The number of thiol groups is 1. The molecule has 4 rings (SSSR count). The number of nitrogens with zero attached hydrogens (tertiary/aromatic N) is 4. The molecule has 35 heavy (non-hydrogen) atoms. The van der Waals surface area contributed by atoms with Gasteiger partial charge in [0.25, 0.3) is 0 Å². The summed E-state index contributed by atoms with van der Waals surface area (Å²) in [5.74, 6) is -0.415. The average Bonchev–Trinajstić information content (AvgIpc) is 2.89. The van der Waals surface area contributed by atoms with Gasteiger partial charge in [0.1, 0.15) is 0 Å². The van der Waals surface area contributed by atoms with Gasteiger partial charge in [0.05, 0.1) is 25.5 Å².